The lowest BCUT2D eigenvalue weighted by molar-refractivity contribution is 0.412. The second-order valence-corrected chi connectivity index (χ2v) is 6.49. The van der Waals surface area contributed by atoms with Crippen molar-refractivity contribution in [2.45, 2.75) is 32.1 Å². The van der Waals surface area contributed by atoms with Gasteiger partial charge < -0.3 is 4.90 Å². The Balaban J connectivity index is 0.000000982. The van der Waals surface area contributed by atoms with Crippen molar-refractivity contribution < 1.29 is 8.42 Å². The van der Waals surface area contributed by atoms with E-state index in [-0.39, 0.29) is 0 Å². The number of rotatable bonds is 5. The van der Waals surface area contributed by atoms with Crippen LogP contribution in [0, 0.1) is 6.92 Å². The summed E-state index contributed by atoms with van der Waals surface area (Å²) in [4.78, 5) is 2.24. The summed E-state index contributed by atoms with van der Waals surface area (Å²) in [6.07, 6.45) is 1.25. The summed E-state index contributed by atoms with van der Waals surface area (Å²) in [6.45, 7) is 7.28. The molecule has 0 saturated heterocycles. The summed E-state index contributed by atoms with van der Waals surface area (Å²) in [5.41, 5.74) is 1.05. The Hall–Kier alpha value is -0.910. The topological polar surface area (TPSA) is 49.4 Å². The third-order valence-electron chi connectivity index (χ3n) is 2.18. The van der Waals surface area contributed by atoms with E-state index in [2.05, 4.69) is 18.6 Å². The van der Waals surface area contributed by atoms with Crippen LogP contribution in [0.4, 0.5) is 0 Å². The van der Waals surface area contributed by atoms with Gasteiger partial charge in [0.25, 0.3) is 0 Å². The van der Waals surface area contributed by atoms with Crippen LogP contribution >= 0.6 is 0 Å². The number of benzene rings is 1. The van der Waals surface area contributed by atoms with Gasteiger partial charge in [0, 0.05) is 13.1 Å². The van der Waals surface area contributed by atoms with Crippen LogP contribution in [0.25, 0.3) is 0 Å². The third-order valence-corrected chi connectivity index (χ3v) is 3.66. The van der Waals surface area contributed by atoms with E-state index >= 15 is 0 Å². The molecule has 0 aliphatic heterocycles. The maximum atomic E-state index is 11.8. The fourth-order valence-electron chi connectivity index (χ4n) is 1.20. The molecule has 0 bridgehead atoms. The Bertz CT molecular complexity index is 439. The van der Waals surface area contributed by atoms with Gasteiger partial charge in [-0.05, 0) is 33.2 Å². The number of sulfonamides is 1. The molecule has 1 aromatic rings. The third kappa shape index (κ3) is 7.97. The van der Waals surface area contributed by atoms with Gasteiger partial charge in [-0.3, -0.25) is 0 Å². The van der Waals surface area contributed by atoms with Crippen molar-refractivity contribution in [2.75, 3.05) is 27.2 Å². The summed E-state index contributed by atoms with van der Waals surface area (Å²) >= 11 is 0. The maximum absolute atomic E-state index is 11.8. The highest BCUT2D eigenvalue weighted by atomic mass is 32.2. The van der Waals surface area contributed by atoms with Crippen LogP contribution in [0.1, 0.15) is 25.8 Å². The van der Waals surface area contributed by atoms with Crippen LogP contribution < -0.4 is 4.72 Å². The molecular formula is C14H26N2O2S. The number of hydrogen-bond acceptors (Lipinski definition) is 3. The largest absolute Gasteiger partial charge is 0.308 e. The molecule has 0 aliphatic rings. The molecule has 0 amide bonds. The molecule has 19 heavy (non-hydrogen) atoms. The van der Waals surface area contributed by atoms with Crippen LogP contribution in [0.2, 0.25) is 0 Å². The number of aryl methyl sites for hydroxylation is 1. The van der Waals surface area contributed by atoms with Gasteiger partial charge in [-0.15, -0.1) is 0 Å². The molecule has 1 rings (SSSR count). The van der Waals surface area contributed by atoms with E-state index in [1.807, 2.05) is 25.9 Å². The molecule has 1 aromatic carbocycles. The predicted octanol–water partition coefficient (Wildman–Crippen LogP) is 2.25. The fourth-order valence-corrected chi connectivity index (χ4v) is 2.23. The van der Waals surface area contributed by atoms with Gasteiger partial charge >= 0.3 is 0 Å². The molecule has 0 atom stereocenters. The van der Waals surface area contributed by atoms with E-state index in [0.717, 1.165) is 5.56 Å². The van der Waals surface area contributed by atoms with Gasteiger partial charge in [0.1, 0.15) is 0 Å². The summed E-state index contributed by atoms with van der Waals surface area (Å²) in [6, 6.07) is 6.82. The summed E-state index contributed by atoms with van der Waals surface area (Å²) in [7, 11) is 0.457. The smallest absolute Gasteiger partial charge is 0.240 e. The van der Waals surface area contributed by atoms with E-state index in [9.17, 15) is 8.42 Å². The second-order valence-electron chi connectivity index (χ2n) is 4.72. The monoisotopic (exact) mass is 286 g/mol. The molecule has 5 heteroatoms. The molecule has 0 aliphatic carbocycles. The Kier molecular flexibility index (Phi) is 8.63. The van der Waals surface area contributed by atoms with Crippen molar-refractivity contribution in [3.8, 4) is 0 Å². The maximum Gasteiger partial charge on any atom is 0.240 e. The molecular weight excluding hydrogens is 260 g/mol. The molecule has 0 radical (unpaired) electrons. The Morgan fingerprint density at radius 3 is 2.00 bits per heavy atom. The van der Waals surface area contributed by atoms with Gasteiger partial charge in [-0.1, -0.05) is 38.0 Å². The zero-order chi connectivity index (χ0) is 14.9. The quantitative estimate of drug-likeness (QED) is 0.903. The number of nitrogens with zero attached hydrogens (tertiary/aromatic N) is 1. The summed E-state index contributed by atoms with van der Waals surface area (Å²) < 4.78 is 26.1. The Morgan fingerprint density at radius 1 is 1.11 bits per heavy atom. The summed E-state index contributed by atoms with van der Waals surface area (Å²) in [5.74, 6) is 0. The van der Waals surface area contributed by atoms with Crippen molar-refractivity contribution in [1.29, 1.82) is 0 Å². The van der Waals surface area contributed by atoms with Crippen LogP contribution in [0.15, 0.2) is 29.2 Å². The molecule has 0 aromatic heterocycles. The Morgan fingerprint density at radius 2 is 1.58 bits per heavy atom. The fraction of sp³-hybridized carbons (Fsp3) is 0.571. The van der Waals surface area contributed by atoms with Crippen LogP contribution in [0.5, 0.6) is 0 Å². The van der Waals surface area contributed by atoms with Gasteiger partial charge in [0.2, 0.25) is 10.0 Å². The van der Waals surface area contributed by atoms with Crippen molar-refractivity contribution in [2.24, 2.45) is 0 Å². The number of hydrogen-bond donors (Lipinski definition) is 1. The highest BCUT2D eigenvalue weighted by Crippen LogP contribution is 2.09. The minimum absolute atomic E-state index is 0.317. The first kappa shape index (κ1) is 18.1. The van der Waals surface area contributed by atoms with E-state index in [0.29, 0.717) is 18.0 Å². The molecule has 4 nitrogen and oxygen atoms in total. The minimum Gasteiger partial charge on any atom is -0.308 e. The molecule has 0 spiro atoms. The standard InChI is InChI=1S/C11H18N2O2S.C3H8/c1-10-4-6-11(7-5-10)16(14,15)12-8-9-13(2)3;1-3-2/h4-7,12H,8-9H2,1-3H3;3H2,1-2H3. The predicted molar refractivity (Wildman–Crippen MR) is 80.9 cm³/mol. The van der Waals surface area contributed by atoms with Crippen molar-refractivity contribution in [3.63, 3.8) is 0 Å². The lowest BCUT2D eigenvalue weighted by atomic mass is 10.2. The molecule has 0 saturated carbocycles. The lowest BCUT2D eigenvalue weighted by Gasteiger charge is -2.11. The van der Waals surface area contributed by atoms with E-state index in [4.69, 9.17) is 0 Å². The number of nitrogens with one attached hydrogen (secondary N) is 1. The van der Waals surface area contributed by atoms with Gasteiger partial charge in [-0.25, -0.2) is 13.1 Å². The zero-order valence-corrected chi connectivity index (χ0v) is 13.4. The van der Waals surface area contributed by atoms with Crippen LogP contribution in [-0.4, -0.2) is 40.5 Å². The van der Waals surface area contributed by atoms with Crippen LogP contribution in [0.3, 0.4) is 0 Å². The van der Waals surface area contributed by atoms with E-state index in [1.54, 1.807) is 24.3 Å². The van der Waals surface area contributed by atoms with Crippen molar-refractivity contribution in [3.05, 3.63) is 29.8 Å². The minimum atomic E-state index is -3.35. The molecule has 0 unspecified atom stereocenters. The van der Waals surface area contributed by atoms with Crippen molar-refractivity contribution >= 4 is 10.0 Å². The van der Waals surface area contributed by atoms with E-state index in [1.165, 1.54) is 6.42 Å². The van der Waals surface area contributed by atoms with Gasteiger partial charge in [-0.2, -0.15) is 0 Å². The van der Waals surface area contributed by atoms with Crippen LogP contribution in [-0.2, 0) is 10.0 Å². The zero-order valence-electron chi connectivity index (χ0n) is 12.6. The normalized spacial score (nSPS) is 11.1. The first-order valence-corrected chi connectivity index (χ1v) is 8.02. The highest BCUT2D eigenvalue weighted by molar-refractivity contribution is 7.89. The average molecular weight is 286 g/mol. The van der Waals surface area contributed by atoms with E-state index < -0.39 is 10.0 Å². The SMILES string of the molecule is CCC.Cc1ccc(S(=O)(=O)NCCN(C)C)cc1. The molecule has 1 N–H and O–H groups in total. The molecule has 110 valence electrons. The average Bonchev–Trinajstić information content (AvgIpc) is 2.29. The first-order valence-electron chi connectivity index (χ1n) is 6.54. The van der Waals surface area contributed by atoms with Crippen molar-refractivity contribution in [1.82, 2.24) is 9.62 Å². The lowest BCUT2D eigenvalue weighted by Crippen LogP contribution is -2.31. The van der Waals surface area contributed by atoms with Gasteiger partial charge in [0.15, 0.2) is 0 Å². The summed E-state index contributed by atoms with van der Waals surface area (Å²) in [5, 5.41) is 0. The Labute approximate surface area is 117 Å². The number of likely N-dealkylation sites (N-methyl/N-ethyl adjacent to an activating group) is 1. The van der Waals surface area contributed by atoms with Gasteiger partial charge in [0.05, 0.1) is 4.90 Å². The second kappa shape index (κ2) is 9.07. The molecule has 0 heterocycles. The highest BCUT2D eigenvalue weighted by Gasteiger charge is 2.12. The molecule has 0 fully saturated rings. The first-order chi connectivity index (χ1) is 8.83.